The van der Waals surface area contributed by atoms with Crippen molar-refractivity contribution in [1.82, 2.24) is 10.2 Å². The van der Waals surface area contributed by atoms with Gasteiger partial charge in [0.25, 0.3) is 5.91 Å². The SMILES string of the molecule is CC(C)CNC(=O)[C@@H](Cc1ccccc1)N(Cc1cccc(Br)c1)C(=O)COc1ccc(Br)cc1Cl. The largest absolute Gasteiger partial charge is 0.482 e. The van der Waals surface area contributed by atoms with Crippen molar-refractivity contribution in [2.24, 2.45) is 5.92 Å². The molecule has 0 aromatic heterocycles. The molecule has 3 rings (SSSR count). The summed E-state index contributed by atoms with van der Waals surface area (Å²) in [7, 11) is 0. The fourth-order valence-corrected chi connectivity index (χ4v) is 4.80. The Balaban J connectivity index is 1.91. The van der Waals surface area contributed by atoms with Crippen LogP contribution in [0.15, 0.2) is 81.7 Å². The highest BCUT2D eigenvalue weighted by atomic mass is 79.9. The number of halogens is 3. The van der Waals surface area contributed by atoms with Crippen molar-refractivity contribution in [2.75, 3.05) is 13.2 Å². The molecule has 5 nitrogen and oxygen atoms in total. The van der Waals surface area contributed by atoms with E-state index in [1.54, 1.807) is 23.1 Å². The minimum atomic E-state index is -0.721. The molecule has 0 aliphatic rings. The van der Waals surface area contributed by atoms with E-state index >= 15 is 0 Å². The third-order valence-electron chi connectivity index (χ3n) is 5.44. The van der Waals surface area contributed by atoms with Gasteiger partial charge >= 0.3 is 0 Å². The fraction of sp³-hybridized carbons (Fsp3) is 0.286. The Labute approximate surface area is 234 Å². The van der Waals surface area contributed by atoms with Crippen molar-refractivity contribution in [1.29, 1.82) is 0 Å². The summed E-state index contributed by atoms with van der Waals surface area (Å²) in [6, 6.07) is 21.9. The average Bonchev–Trinajstić information content (AvgIpc) is 2.84. The first-order valence-electron chi connectivity index (χ1n) is 11.7. The van der Waals surface area contributed by atoms with Crippen LogP contribution < -0.4 is 10.1 Å². The lowest BCUT2D eigenvalue weighted by Crippen LogP contribution is -2.52. The maximum atomic E-state index is 13.6. The van der Waals surface area contributed by atoms with E-state index in [1.165, 1.54) is 0 Å². The summed E-state index contributed by atoms with van der Waals surface area (Å²) in [5, 5.41) is 3.41. The van der Waals surface area contributed by atoms with Gasteiger partial charge in [-0.05, 0) is 47.4 Å². The Morgan fingerprint density at radius 3 is 2.31 bits per heavy atom. The van der Waals surface area contributed by atoms with Crippen LogP contribution in [0.1, 0.15) is 25.0 Å². The number of benzene rings is 3. The molecule has 0 aliphatic heterocycles. The summed E-state index contributed by atoms with van der Waals surface area (Å²) in [6.07, 6.45) is 0.379. The lowest BCUT2D eigenvalue weighted by molar-refractivity contribution is -0.142. The van der Waals surface area contributed by atoms with E-state index in [4.69, 9.17) is 16.3 Å². The first-order chi connectivity index (χ1) is 17.2. The van der Waals surface area contributed by atoms with Gasteiger partial charge in [0.2, 0.25) is 5.91 Å². The zero-order chi connectivity index (χ0) is 26.1. The second-order valence-corrected chi connectivity index (χ2v) is 11.1. The lowest BCUT2D eigenvalue weighted by Gasteiger charge is -2.31. The predicted octanol–water partition coefficient (Wildman–Crippen LogP) is 6.66. The molecule has 0 saturated heterocycles. The molecule has 1 N–H and O–H groups in total. The van der Waals surface area contributed by atoms with Crippen molar-refractivity contribution >= 4 is 55.3 Å². The van der Waals surface area contributed by atoms with E-state index in [1.807, 2.05) is 68.4 Å². The van der Waals surface area contributed by atoms with Crippen molar-refractivity contribution < 1.29 is 14.3 Å². The minimum absolute atomic E-state index is 0.197. The number of hydrogen-bond acceptors (Lipinski definition) is 3. The Hall–Kier alpha value is -2.35. The number of hydrogen-bond donors (Lipinski definition) is 1. The molecule has 0 radical (unpaired) electrons. The van der Waals surface area contributed by atoms with Crippen LogP contribution in [0.2, 0.25) is 5.02 Å². The summed E-state index contributed by atoms with van der Waals surface area (Å²) in [6.45, 7) is 4.59. The molecule has 0 heterocycles. The van der Waals surface area contributed by atoms with Gasteiger partial charge < -0.3 is 15.0 Å². The second kappa shape index (κ2) is 13.8. The molecule has 1 atom stereocenters. The Bertz CT molecular complexity index is 1170. The van der Waals surface area contributed by atoms with Crippen LogP contribution in [0.3, 0.4) is 0 Å². The van der Waals surface area contributed by atoms with E-state index in [2.05, 4.69) is 37.2 Å². The van der Waals surface area contributed by atoms with Crippen LogP contribution in [0.4, 0.5) is 0 Å². The van der Waals surface area contributed by atoms with Crippen LogP contribution in [0.5, 0.6) is 5.75 Å². The van der Waals surface area contributed by atoms with Gasteiger partial charge in [0.05, 0.1) is 5.02 Å². The summed E-state index contributed by atoms with van der Waals surface area (Å²) in [4.78, 5) is 28.6. The van der Waals surface area contributed by atoms with Gasteiger partial charge in [-0.15, -0.1) is 0 Å². The minimum Gasteiger partial charge on any atom is -0.482 e. The number of amides is 2. The van der Waals surface area contributed by atoms with Crippen molar-refractivity contribution in [2.45, 2.75) is 32.9 Å². The van der Waals surface area contributed by atoms with Gasteiger partial charge in [0, 0.05) is 28.5 Å². The maximum absolute atomic E-state index is 13.6. The number of rotatable bonds is 11. The van der Waals surface area contributed by atoms with Gasteiger partial charge in [-0.25, -0.2) is 0 Å². The summed E-state index contributed by atoms with van der Waals surface area (Å²) >= 11 is 13.2. The first kappa shape index (κ1) is 28.2. The average molecular weight is 637 g/mol. The molecular weight excluding hydrogens is 608 g/mol. The Kier molecular flexibility index (Phi) is 10.8. The van der Waals surface area contributed by atoms with Crippen LogP contribution in [0, 0.1) is 5.92 Å². The number of carbonyl (C=O) groups is 2. The molecule has 36 heavy (non-hydrogen) atoms. The molecule has 3 aromatic rings. The van der Waals surface area contributed by atoms with Gasteiger partial charge in [-0.2, -0.15) is 0 Å². The molecule has 0 aliphatic carbocycles. The zero-order valence-corrected chi connectivity index (χ0v) is 24.1. The monoisotopic (exact) mass is 634 g/mol. The van der Waals surface area contributed by atoms with Crippen molar-refractivity contribution in [3.63, 3.8) is 0 Å². The number of nitrogens with one attached hydrogen (secondary N) is 1. The quantitative estimate of drug-likeness (QED) is 0.256. The predicted molar refractivity (Wildman–Crippen MR) is 151 cm³/mol. The summed E-state index contributed by atoms with van der Waals surface area (Å²) in [5.74, 6) is 0.176. The first-order valence-corrected chi connectivity index (χ1v) is 13.6. The molecule has 0 unspecified atom stereocenters. The number of carbonyl (C=O) groups excluding carboxylic acids is 2. The molecular formula is C28H29Br2ClN2O3. The van der Waals surface area contributed by atoms with Crippen LogP contribution >= 0.6 is 43.5 Å². The Morgan fingerprint density at radius 1 is 0.944 bits per heavy atom. The van der Waals surface area contributed by atoms with Crippen LogP contribution in [0.25, 0.3) is 0 Å². The molecule has 190 valence electrons. The zero-order valence-electron chi connectivity index (χ0n) is 20.2. The highest BCUT2D eigenvalue weighted by Crippen LogP contribution is 2.28. The fourth-order valence-electron chi connectivity index (χ4n) is 3.62. The van der Waals surface area contributed by atoms with Crippen molar-refractivity contribution in [3.05, 3.63) is 97.9 Å². The molecule has 0 spiro atoms. The Morgan fingerprint density at radius 2 is 1.64 bits per heavy atom. The van der Waals surface area contributed by atoms with Crippen molar-refractivity contribution in [3.8, 4) is 5.75 Å². The normalized spacial score (nSPS) is 11.7. The summed E-state index contributed by atoms with van der Waals surface area (Å²) < 4.78 is 7.50. The van der Waals surface area contributed by atoms with Gasteiger partial charge in [0.1, 0.15) is 11.8 Å². The van der Waals surface area contributed by atoms with Gasteiger partial charge in [-0.1, -0.05) is 99.8 Å². The lowest BCUT2D eigenvalue weighted by atomic mass is 10.0. The van der Waals surface area contributed by atoms with Crippen LogP contribution in [-0.4, -0.2) is 35.9 Å². The standard InChI is InChI=1S/C28H29Br2ClN2O3/c1-19(2)16-32-28(35)25(14-20-7-4-3-5-8-20)33(17-21-9-6-10-22(29)13-21)27(34)18-36-26-12-11-23(30)15-24(26)31/h3-13,15,19,25H,14,16-18H2,1-2H3,(H,32,35)/t25-/m1/s1. The second-order valence-electron chi connectivity index (χ2n) is 8.86. The van der Waals surface area contributed by atoms with E-state index in [0.717, 1.165) is 20.1 Å². The van der Waals surface area contributed by atoms with Gasteiger partial charge in [0.15, 0.2) is 6.61 Å². The highest BCUT2D eigenvalue weighted by Gasteiger charge is 2.31. The molecule has 0 saturated carbocycles. The van der Waals surface area contributed by atoms with Gasteiger partial charge in [-0.3, -0.25) is 9.59 Å². The molecule has 0 bridgehead atoms. The molecule has 2 amide bonds. The third-order valence-corrected chi connectivity index (χ3v) is 6.72. The number of nitrogens with zero attached hydrogens (tertiary/aromatic N) is 1. The third kappa shape index (κ3) is 8.64. The molecule has 3 aromatic carbocycles. The van der Waals surface area contributed by atoms with Crippen LogP contribution in [-0.2, 0) is 22.6 Å². The van der Waals surface area contributed by atoms with E-state index in [0.29, 0.717) is 23.7 Å². The van der Waals surface area contributed by atoms with E-state index in [-0.39, 0.29) is 30.9 Å². The highest BCUT2D eigenvalue weighted by molar-refractivity contribution is 9.10. The maximum Gasteiger partial charge on any atom is 0.261 e. The number of ether oxygens (including phenoxy) is 1. The topological polar surface area (TPSA) is 58.6 Å². The molecule has 0 fully saturated rings. The summed E-state index contributed by atoms with van der Waals surface area (Å²) in [5.41, 5.74) is 1.86. The van der Waals surface area contributed by atoms with E-state index < -0.39 is 6.04 Å². The van der Waals surface area contributed by atoms with E-state index in [9.17, 15) is 9.59 Å². The molecule has 8 heteroatoms. The smallest absolute Gasteiger partial charge is 0.261 e.